The summed E-state index contributed by atoms with van der Waals surface area (Å²) in [7, 11) is 0. The molecule has 0 radical (unpaired) electrons. The van der Waals surface area contributed by atoms with Crippen LogP contribution in [0.15, 0.2) is 26.3 Å². The molecule has 0 saturated heterocycles. The molecule has 0 N–H and O–H groups in total. The van der Waals surface area contributed by atoms with Crippen LogP contribution >= 0.6 is 0 Å². The highest BCUT2D eigenvalue weighted by molar-refractivity contribution is 4.36. The Balaban J connectivity index is -0.000000826. The van der Waals surface area contributed by atoms with Crippen LogP contribution in [-0.2, 0) is 18.9 Å². The Kier molecular flexibility index (Phi) is 38.5. The first-order valence-corrected chi connectivity index (χ1v) is 8.22. The van der Waals surface area contributed by atoms with E-state index in [0.29, 0.717) is 39.6 Å². The lowest BCUT2D eigenvalue weighted by Gasteiger charge is -2.07. The van der Waals surface area contributed by atoms with Gasteiger partial charge in [0.25, 0.3) is 0 Å². The second kappa shape index (κ2) is 32.3. The van der Waals surface area contributed by atoms with Gasteiger partial charge in [0, 0.05) is 13.2 Å². The molecule has 0 saturated carbocycles. The minimum Gasteiger partial charge on any atom is -0.379 e. The summed E-state index contributed by atoms with van der Waals surface area (Å²) in [6.07, 6.45) is 4.60. The molecular weight excluding hydrogens is 280 g/mol. The van der Waals surface area contributed by atoms with Crippen molar-refractivity contribution in [3.05, 3.63) is 26.3 Å². The lowest BCUT2D eigenvalue weighted by molar-refractivity contribution is -0.00227. The normalized spacial score (nSPS) is 9.36. The Labute approximate surface area is 138 Å². The minimum atomic E-state index is 0.631. The van der Waals surface area contributed by atoms with Crippen LogP contribution in [0.2, 0.25) is 0 Å². The van der Waals surface area contributed by atoms with Gasteiger partial charge in [-0.2, -0.15) is 0 Å². The predicted molar refractivity (Wildman–Crippen MR) is 95.6 cm³/mol. The van der Waals surface area contributed by atoms with Gasteiger partial charge >= 0.3 is 0 Å². The Hall–Kier alpha value is -0.680. The summed E-state index contributed by atoms with van der Waals surface area (Å²) in [6.45, 7) is 21.9. The molecule has 0 bridgehead atoms. The maximum Gasteiger partial charge on any atom is 0.0701 e. The Morgan fingerprint density at radius 2 is 0.682 bits per heavy atom. The molecule has 134 valence electrons. The maximum atomic E-state index is 5.37. The highest BCUT2D eigenvalue weighted by Crippen LogP contribution is 1.89. The molecule has 22 heavy (non-hydrogen) atoms. The Morgan fingerprint density at radius 3 is 0.909 bits per heavy atom. The minimum absolute atomic E-state index is 0.631. The summed E-state index contributed by atoms with van der Waals surface area (Å²) in [4.78, 5) is 0. The van der Waals surface area contributed by atoms with Crippen LogP contribution in [0, 0.1) is 0 Å². The van der Waals surface area contributed by atoms with Crippen molar-refractivity contribution in [2.24, 2.45) is 0 Å². The third-order valence-corrected chi connectivity index (χ3v) is 2.40. The average Bonchev–Trinajstić information content (AvgIpc) is 2.59. The summed E-state index contributed by atoms with van der Waals surface area (Å²) in [6, 6.07) is 0. The smallest absolute Gasteiger partial charge is 0.0701 e. The van der Waals surface area contributed by atoms with Gasteiger partial charge in [0.15, 0.2) is 0 Å². The number of ether oxygens (including phenoxy) is 4. The predicted octanol–water partition coefficient (Wildman–Crippen LogP) is 4.26. The van der Waals surface area contributed by atoms with Crippen LogP contribution in [0.5, 0.6) is 0 Å². The molecule has 0 fully saturated rings. The van der Waals surface area contributed by atoms with Crippen LogP contribution < -0.4 is 0 Å². The van der Waals surface area contributed by atoms with E-state index >= 15 is 0 Å². The van der Waals surface area contributed by atoms with E-state index < -0.39 is 0 Å². The van der Waals surface area contributed by atoms with Crippen LogP contribution in [0.3, 0.4) is 0 Å². The van der Waals surface area contributed by atoms with E-state index in [4.69, 9.17) is 18.9 Å². The van der Waals surface area contributed by atoms with E-state index in [1.807, 2.05) is 0 Å². The standard InChI is InChI=1S/C14H30O4.2C2H4/c1-3-5-7-15-9-11-17-13-14-18-12-10-16-8-6-4-2;2*1-2/h3-14H2,1-2H3;2*1-2H2. The number of hydrogen-bond acceptors (Lipinski definition) is 4. The van der Waals surface area contributed by atoms with Gasteiger partial charge in [0.05, 0.1) is 39.6 Å². The van der Waals surface area contributed by atoms with Gasteiger partial charge in [0.1, 0.15) is 0 Å². The lowest BCUT2D eigenvalue weighted by atomic mass is 10.4. The van der Waals surface area contributed by atoms with E-state index in [2.05, 4.69) is 40.2 Å². The van der Waals surface area contributed by atoms with Crippen molar-refractivity contribution in [2.75, 3.05) is 52.9 Å². The molecule has 4 nitrogen and oxygen atoms in total. The lowest BCUT2D eigenvalue weighted by Crippen LogP contribution is -2.12. The molecule has 0 aliphatic heterocycles. The molecule has 0 heterocycles. The second-order valence-corrected chi connectivity index (χ2v) is 4.16. The molecule has 0 rings (SSSR count). The van der Waals surface area contributed by atoms with Crippen molar-refractivity contribution in [3.8, 4) is 0 Å². The first kappa shape index (κ1) is 26.2. The molecule has 0 spiro atoms. The zero-order valence-electron chi connectivity index (χ0n) is 14.9. The van der Waals surface area contributed by atoms with Crippen molar-refractivity contribution < 1.29 is 18.9 Å². The van der Waals surface area contributed by atoms with E-state index in [1.54, 1.807) is 0 Å². The van der Waals surface area contributed by atoms with Gasteiger partial charge in [-0.15, -0.1) is 26.3 Å². The number of unbranched alkanes of at least 4 members (excludes halogenated alkanes) is 2. The fourth-order valence-electron chi connectivity index (χ4n) is 1.25. The fraction of sp³-hybridized carbons (Fsp3) is 0.778. The van der Waals surface area contributed by atoms with E-state index in [9.17, 15) is 0 Å². The second-order valence-electron chi connectivity index (χ2n) is 4.16. The van der Waals surface area contributed by atoms with Crippen molar-refractivity contribution in [1.82, 2.24) is 0 Å². The van der Waals surface area contributed by atoms with Gasteiger partial charge in [-0.05, 0) is 12.8 Å². The molecule has 0 aliphatic rings. The first-order chi connectivity index (χ1) is 10.9. The van der Waals surface area contributed by atoms with Crippen molar-refractivity contribution >= 4 is 0 Å². The summed E-state index contributed by atoms with van der Waals surface area (Å²) in [5, 5.41) is 0. The van der Waals surface area contributed by atoms with Crippen LogP contribution in [-0.4, -0.2) is 52.9 Å². The first-order valence-electron chi connectivity index (χ1n) is 8.22. The zero-order valence-corrected chi connectivity index (χ0v) is 14.9. The molecule has 0 amide bonds. The van der Waals surface area contributed by atoms with Gasteiger partial charge in [-0.25, -0.2) is 0 Å². The van der Waals surface area contributed by atoms with Crippen molar-refractivity contribution in [3.63, 3.8) is 0 Å². The van der Waals surface area contributed by atoms with Crippen molar-refractivity contribution in [2.45, 2.75) is 39.5 Å². The Morgan fingerprint density at radius 1 is 0.455 bits per heavy atom. The van der Waals surface area contributed by atoms with Gasteiger partial charge in [0.2, 0.25) is 0 Å². The average molecular weight is 318 g/mol. The van der Waals surface area contributed by atoms with Gasteiger partial charge in [-0.3, -0.25) is 0 Å². The largest absolute Gasteiger partial charge is 0.379 e. The van der Waals surface area contributed by atoms with Crippen LogP contribution in [0.4, 0.5) is 0 Å². The fourth-order valence-corrected chi connectivity index (χ4v) is 1.25. The van der Waals surface area contributed by atoms with Crippen molar-refractivity contribution in [1.29, 1.82) is 0 Å². The summed E-state index contributed by atoms with van der Waals surface area (Å²) >= 11 is 0. The van der Waals surface area contributed by atoms with Crippen LogP contribution in [0.1, 0.15) is 39.5 Å². The third-order valence-electron chi connectivity index (χ3n) is 2.40. The maximum absolute atomic E-state index is 5.37. The molecule has 0 atom stereocenters. The van der Waals surface area contributed by atoms with Crippen LogP contribution in [0.25, 0.3) is 0 Å². The van der Waals surface area contributed by atoms with E-state index in [1.165, 1.54) is 12.8 Å². The molecule has 0 aromatic heterocycles. The molecule has 0 aromatic carbocycles. The zero-order chi connectivity index (χ0) is 17.3. The quantitative estimate of drug-likeness (QED) is 0.334. The van der Waals surface area contributed by atoms with E-state index in [0.717, 1.165) is 26.1 Å². The highest BCUT2D eigenvalue weighted by Gasteiger charge is 1.92. The number of rotatable bonds is 15. The number of hydrogen-bond donors (Lipinski definition) is 0. The molecule has 4 heteroatoms. The molecule has 0 unspecified atom stereocenters. The highest BCUT2D eigenvalue weighted by atomic mass is 16.6. The molecule has 0 aromatic rings. The topological polar surface area (TPSA) is 36.9 Å². The van der Waals surface area contributed by atoms with Gasteiger partial charge in [-0.1, -0.05) is 26.7 Å². The van der Waals surface area contributed by atoms with Gasteiger partial charge < -0.3 is 18.9 Å². The summed E-state index contributed by atoms with van der Waals surface area (Å²) in [5.74, 6) is 0. The van der Waals surface area contributed by atoms with E-state index in [-0.39, 0.29) is 0 Å². The third kappa shape index (κ3) is 31.6. The Bertz CT molecular complexity index is 147. The monoisotopic (exact) mass is 318 g/mol. The SMILES string of the molecule is C=C.C=C.CCCCOCCOCCOCCOCCCC. The molecular formula is C18H38O4. The summed E-state index contributed by atoms with van der Waals surface area (Å²) < 4.78 is 21.5. The summed E-state index contributed by atoms with van der Waals surface area (Å²) in [5.41, 5.74) is 0. The molecule has 0 aliphatic carbocycles.